The molecule has 33 heavy (non-hydrogen) atoms. The molecule has 2 atom stereocenters. The number of hydrogen-bond acceptors (Lipinski definition) is 4. The van der Waals surface area contributed by atoms with Gasteiger partial charge in [-0.25, -0.2) is 4.79 Å². The lowest BCUT2D eigenvalue weighted by Crippen LogP contribution is -2.30. The number of thiocarbonyl (C=S) groups is 1. The van der Waals surface area contributed by atoms with Gasteiger partial charge in [0.25, 0.3) is 0 Å². The van der Waals surface area contributed by atoms with Crippen molar-refractivity contribution in [1.82, 2.24) is 5.32 Å². The van der Waals surface area contributed by atoms with E-state index in [1.807, 2.05) is 72.8 Å². The molecule has 0 bridgehead atoms. The average Bonchev–Trinajstić information content (AvgIpc) is 2.85. The van der Waals surface area contributed by atoms with Crippen molar-refractivity contribution in [1.29, 1.82) is 0 Å². The molecule has 6 heteroatoms. The summed E-state index contributed by atoms with van der Waals surface area (Å²) in [4.78, 5) is 12.0. The zero-order valence-corrected chi connectivity index (χ0v) is 19.5. The van der Waals surface area contributed by atoms with E-state index in [-0.39, 0.29) is 5.92 Å². The van der Waals surface area contributed by atoms with Gasteiger partial charge in [-0.05, 0) is 35.7 Å². The lowest BCUT2D eigenvalue weighted by Gasteiger charge is -2.21. The fraction of sp³-hybridized carbons (Fsp3) is 0.259. The molecule has 0 heterocycles. The predicted molar refractivity (Wildman–Crippen MR) is 134 cm³/mol. The molecule has 0 aromatic heterocycles. The number of aliphatic carboxylic acids is 1. The molecule has 3 rings (SSSR count). The first-order chi connectivity index (χ1) is 16.1. The molecule has 5 nitrogen and oxygen atoms in total. The molecule has 0 spiro atoms. The third-order valence-corrected chi connectivity index (χ3v) is 5.66. The fourth-order valence-electron chi connectivity index (χ4n) is 3.45. The highest BCUT2D eigenvalue weighted by atomic mass is 32.1. The van der Waals surface area contributed by atoms with Gasteiger partial charge in [0, 0.05) is 19.6 Å². The summed E-state index contributed by atoms with van der Waals surface area (Å²) >= 11 is 5.73. The van der Waals surface area contributed by atoms with Crippen LogP contribution in [0.3, 0.4) is 0 Å². The molecule has 0 amide bonds. The number of nitrogens with one attached hydrogen (secondary N) is 1. The second kappa shape index (κ2) is 12.7. The highest BCUT2D eigenvalue weighted by Gasteiger charge is 2.19. The molecule has 3 aromatic rings. The van der Waals surface area contributed by atoms with Crippen LogP contribution >= 0.6 is 12.2 Å². The van der Waals surface area contributed by atoms with Gasteiger partial charge in [0.05, 0.1) is 10.9 Å². The molecule has 0 radical (unpaired) electrons. The largest absolute Gasteiger partial charge is 0.493 e. The number of carbonyl (C=O) groups is 1. The number of carboxylic acids is 1. The van der Waals surface area contributed by atoms with E-state index in [0.717, 1.165) is 21.7 Å². The van der Waals surface area contributed by atoms with Crippen LogP contribution in [0.4, 0.5) is 0 Å². The van der Waals surface area contributed by atoms with Crippen molar-refractivity contribution in [2.24, 2.45) is 0 Å². The maximum atomic E-state index is 11.3. The molecule has 3 aromatic carbocycles. The Morgan fingerprint density at radius 2 is 1.58 bits per heavy atom. The number of ether oxygens (including phenoxy) is 2. The molecular formula is C27H29NO4S. The van der Waals surface area contributed by atoms with E-state index >= 15 is 0 Å². The van der Waals surface area contributed by atoms with E-state index in [1.54, 1.807) is 6.92 Å². The zero-order chi connectivity index (χ0) is 23.5. The van der Waals surface area contributed by atoms with Gasteiger partial charge in [0.2, 0.25) is 0 Å². The fourth-order valence-corrected chi connectivity index (χ4v) is 3.73. The molecule has 0 saturated carbocycles. The first-order valence-electron chi connectivity index (χ1n) is 11.0. The second-order valence-electron chi connectivity index (χ2n) is 7.61. The lowest BCUT2D eigenvalue weighted by atomic mass is 9.99. The van der Waals surface area contributed by atoms with Crippen LogP contribution in [-0.2, 0) is 22.5 Å². The van der Waals surface area contributed by atoms with E-state index in [1.165, 1.54) is 0 Å². The first kappa shape index (κ1) is 24.4. The predicted octanol–water partition coefficient (Wildman–Crippen LogP) is 5.00. The highest BCUT2D eigenvalue weighted by Crippen LogP contribution is 2.21. The minimum Gasteiger partial charge on any atom is -0.493 e. The van der Waals surface area contributed by atoms with E-state index in [4.69, 9.17) is 21.7 Å². The molecule has 0 aliphatic rings. The van der Waals surface area contributed by atoms with E-state index in [2.05, 4.69) is 17.4 Å². The maximum Gasteiger partial charge on any atom is 0.333 e. The Morgan fingerprint density at radius 3 is 2.18 bits per heavy atom. The van der Waals surface area contributed by atoms with Gasteiger partial charge in [-0.2, -0.15) is 0 Å². The summed E-state index contributed by atoms with van der Waals surface area (Å²) in [6.07, 6.45) is -0.541. The summed E-state index contributed by atoms with van der Waals surface area (Å²) in [5, 5.41) is 12.6. The van der Waals surface area contributed by atoms with Crippen LogP contribution in [0, 0.1) is 0 Å². The summed E-state index contributed by atoms with van der Waals surface area (Å²) in [6.45, 7) is 3.19. The summed E-state index contributed by atoms with van der Waals surface area (Å²) in [6, 6.07) is 27.6. The molecule has 0 saturated heterocycles. The first-order valence-corrected chi connectivity index (χ1v) is 11.4. The Kier molecular flexibility index (Phi) is 9.42. The number of rotatable bonds is 12. The molecule has 172 valence electrons. The second-order valence-corrected chi connectivity index (χ2v) is 8.05. The Hall–Kier alpha value is -3.22. The van der Waals surface area contributed by atoms with E-state index < -0.39 is 12.1 Å². The third kappa shape index (κ3) is 7.70. The zero-order valence-electron chi connectivity index (χ0n) is 18.6. The minimum absolute atomic E-state index is 0.0982. The van der Waals surface area contributed by atoms with Crippen molar-refractivity contribution in [3.8, 4) is 5.75 Å². The third-order valence-electron chi connectivity index (χ3n) is 5.23. The summed E-state index contributed by atoms with van der Waals surface area (Å²) in [5.41, 5.74) is 3.12. The molecule has 2 N–H and O–H groups in total. The van der Waals surface area contributed by atoms with Crippen molar-refractivity contribution >= 4 is 23.2 Å². The van der Waals surface area contributed by atoms with Crippen molar-refractivity contribution in [3.63, 3.8) is 0 Å². The SMILES string of the molecule is CCO[C@H](Cc1ccc(OC[C@H](C(=S)NCc2ccccc2)c2ccccc2)cc1)C(=O)O. The Balaban J connectivity index is 1.63. The van der Waals surface area contributed by atoms with Crippen LogP contribution in [0.1, 0.15) is 29.5 Å². The van der Waals surface area contributed by atoms with Crippen LogP contribution in [0.5, 0.6) is 5.75 Å². The lowest BCUT2D eigenvalue weighted by molar-refractivity contribution is -0.149. The quantitative estimate of drug-likeness (QED) is 0.369. The standard InChI is InChI=1S/C27H29NO4S/c1-2-31-25(27(29)30)17-20-13-15-23(16-14-20)32-19-24(22-11-7-4-8-12-22)26(33)28-18-21-9-5-3-6-10-21/h3-16,24-25H,2,17-19H2,1H3,(H,28,33)(H,29,30)/t24-,25+/m0/s1. The van der Waals surface area contributed by atoms with Crippen molar-refractivity contribution in [2.75, 3.05) is 13.2 Å². The van der Waals surface area contributed by atoms with E-state index in [9.17, 15) is 9.90 Å². The average molecular weight is 464 g/mol. The van der Waals surface area contributed by atoms with Crippen LogP contribution in [0.15, 0.2) is 84.9 Å². The Labute approximate surface area is 200 Å². The molecule has 0 fully saturated rings. The number of benzene rings is 3. The normalized spacial score (nSPS) is 12.5. The Morgan fingerprint density at radius 1 is 0.939 bits per heavy atom. The monoisotopic (exact) mass is 463 g/mol. The van der Waals surface area contributed by atoms with Gasteiger partial charge >= 0.3 is 5.97 Å². The smallest absolute Gasteiger partial charge is 0.333 e. The van der Waals surface area contributed by atoms with Crippen molar-refractivity contribution < 1.29 is 19.4 Å². The summed E-state index contributed by atoms with van der Waals surface area (Å²) in [5.74, 6) is -0.354. The molecule has 0 aliphatic heterocycles. The van der Waals surface area contributed by atoms with Gasteiger partial charge in [-0.1, -0.05) is 85.0 Å². The Bertz CT molecular complexity index is 1010. The van der Waals surface area contributed by atoms with Crippen molar-refractivity contribution in [3.05, 3.63) is 102 Å². The summed E-state index contributed by atoms with van der Waals surface area (Å²) in [7, 11) is 0. The van der Waals surface area contributed by atoms with Gasteiger partial charge in [-0.3, -0.25) is 0 Å². The van der Waals surface area contributed by atoms with E-state index in [0.29, 0.717) is 31.9 Å². The van der Waals surface area contributed by atoms with Crippen LogP contribution in [0.2, 0.25) is 0 Å². The van der Waals surface area contributed by atoms with Gasteiger partial charge in [0.15, 0.2) is 6.10 Å². The summed E-state index contributed by atoms with van der Waals surface area (Å²) < 4.78 is 11.4. The molecular weight excluding hydrogens is 434 g/mol. The van der Waals surface area contributed by atoms with Crippen LogP contribution in [0.25, 0.3) is 0 Å². The van der Waals surface area contributed by atoms with Crippen LogP contribution in [-0.4, -0.2) is 35.4 Å². The number of hydrogen-bond donors (Lipinski definition) is 2. The van der Waals surface area contributed by atoms with Crippen LogP contribution < -0.4 is 10.1 Å². The van der Waals surface area contributed by atoms with Gasteiger partial charge in [0.1, 0.15) is 12.4 Å². The highest BCUT2D eigenvalue weighted by molar-refractivity contribution is 7.80. The molecule has 0 aliphatic carbocycles. The van der Waals surface area contributed by atoms with Gasteiger partial charge in [-0.15, -0.1) is 0 Å². The number of carboxylic acid groups (broad SMARTS) is 1. The minimum atomic E-state index is -0.959. The van der Waals surface area contributed by atoms with Crippen molar-refractivity contribution in [2.45, 2.75) is 31.9 Å². The van der Waals surface area contributed by atoms with Gasteiger partial charge < -0.3 is 19.9 Å². The molecule has 0 unspecified atom stereocenters. The maximum absolute atomic E-state index is 11.3. The topological polar surface area (TPSA) is 67.8 Å².